The van der Waals surface area contributed by atoms with E-state index in [2.05, 4.69) is 5.32 Å². The highest BCUT2D eigenvalue weighted by Gasteiger charge is 2.15. The Bertz CT molecular complexity index is 765. The van der Waals surface area contributed by atoms with E-state index in [-0.39, 0.29) is 18.1 Å². The van der Waals surface area contributed by atoms with Crippen molar-refractivity contribution < 1.29 is 19.1 Å². The maximum absolute atomic E-state index is 12.1. The number of rotatable bonds is 8. The summed E-state index contributed by atoms with van der Waals surface area (Å²) in [7, 11) is 1.44. The lowest BCUT2D eigenvalue weighted by Crippen LogP contribution is -2.30. The topological polar surface area (TPSA) is 64.6 Å². The lowest BCUT2D eigenvalue weighted by atomic mass is 10.2. The number of halogens is 1. The highest BCUT2D eigenvalue weighted by Crippen LogP contribution is 2.23. The van der Waals surface area contributed by atoms with Gasteiger partial charge in [0, 0.05) is 22.2 Å². The molecule has 0 saturated heterocycles. The molecule has 2 aromatic carbocycles. The second-order valence-corrected chi connectivity index (χ2v) is 7.04. The van der Waals surface area contributed by atoms with Crippen LogP contribution in [0.3, 0.4) is 0 Å². The summed E-state index contributed by atoms with van der Waals surface area (Å²) < 4.78 is 10.1. The molecule has 0 atom stereocenters. The van der Waals surface area contributed by atoms with Crippen LogP contribution in [0, 0.1) is 6.92 Å². The smallest absolute Gasteiger partial charge is 0.342 e. The molecular formula is C19H20ClNO4S. The zero-order valence-corrected chi connectivity index (χ0v) is 16.2. The van der Waals surface area contributed by atoms with E-state index in [1.54, 1.807) is 23.9 Å². The molecule has 138 valence electrons. The van der Waals surface area contributed by atoms with E-state index in [4.69, 9.17) is 21.1 Å². The van der Waals surface area contributed by atoms with Crippen LogP contribution in [-0.4, -0.2) is 37.9 Å². The summed E-state index contributed by atoms with van der Waals surface area (Å²) in [5.41, 5.74) is 1.39. The number of hydrogen-bond donors (Lipinski definition) is 1. The Balaban J connectivity index is 1.72. The van der Waals surface area contributed by atoms with Gasteiger partial charge in [-0.2, -0.15) is 0 Å². The molecule has 1 amide bonds. The van der Waals surface area contributed by atoms with Crippen molar-refractivity contribution in [1.82, 2.24) is 5.32 Å². The lowest BCUT2D eigenvalue weighted by molar-refractivity contribution is -0.124. The Labute approximate surface area is 162 Å². The summed E-state index contributed by atoms with van der Waals surface area (Å²) in [5, 5.41) is 3.10. The molecule has 7 heteroatoms. The zero-order valence-electron chi connectivity index (χ0n) is 14.6. The van der Waals surface area contributed by atoms with Crippen molar-refractivity contribution in [3.8, 4) is 5.75 Å². The van der Waals surface area contributed by atoms with Crippen molar-refractivity contribution in [3.63, 3.8) is 0 Å². The molecule has 0 radical (unpaired) electrons. The van der Waals surface area contributed by atoms with Crippen LogP contribution < -0.4 is 10.1 Å². The number of amides is 1. The Morgan fingerprint density at radius 2 is 1.88 bits per heavy atom. The minimum absolute atomic E-state index is 0.183. The Morgan fingerprint density at radius 1 is 1.15 bits per heavy atom. The summed E-state index contributed by atoms with van der Waals surface area (Å²) in [6, 6.07) is 12.8. The number of ether oxygens (including phenoxy) is 2. The molecular weight excluding hydrogens is 374 g/mol. The van der Waals surface area contributed by atoms with Gasteiger partial charge in [-0.1, -0.05) is 29.3 Å². The summed E-state index contributed by atoms with van der Waals surface area (Å²) in [4.78, 5) is 25.0. The normalized spacial score (nSPS) is 10.3. The van der Waals surface area contributed by atoms with E-state index in [0.29, 0.717) is 17.3 Å². The fourth-order valence-corrected chi connectivity index (χ4v) is 3.03. The Hall–Kier alpha value is -2.18. The van der Waals surface area contributed by atoms with E-state index < -0.39 is 5.97 Å². The summed E-state index contributed by atoms with van der Waals surface area (Å²) >= 11 is 7.52. The second-order valence-electron chi connectivity index (χ2n) is 5.43. The highest BCUT2D eigenvalue weighted by molar-refractivity contribution is 7.99. The molecule has 2 aromatic rings. The first-order valence-corrected chi connectivity index (χ1v) is 9.33. The molecule has 0 aliphatic carbocycles. The number of aryl methyl sites for hydroxylation is 1. The largest absolute Gasteiger partial charge is 0.496 e. The third-order valence-corrected chi connectivity index (χ3v) is 4.68. The summed E-state index contributed by atoms with van der Waals surface area (Å²) in [6.45, 7) is 2.16. The van der Waals surface area contributed by atoms with Crippen LogP contribution in [0.15, 0.2) is 47.4 Å². The number of benzene rings is 2. The number of esters is 1. The summed E-state index contributed by atoms with van der Waals surface area (Å²) in [5.74, 6) is 0.0527. The third kappa shape index (κ3) is 6.28. The SMILES string of the molecule is COc1ccc(Cl)cc1C(=O)OCC(=O)NCCSc1ccc(C)cc1. The van der Waals surface area contributed by atoms with Crippen LogP contribution >= 0.6 is 23.4 Å². The standard InChI is InChI=1S/C19H20ClNO4S/c1-13-3-6-15(7-4-13)26-10-9-21-18(22)12-25-19(23)16-11-14(20)5-8-17(16)24-2/h3-8,11H,9-10,12H2,1-2H3,(H,21,22). The van der Waals surface area contributed by atoms with Crippen LogP contribution in [0.5, 0.6) is 5.75 Å². The van der Waals surface area contributed by atoms with Crippen LogP contribution in [0.4, 0.5) is 0 Å². The van der Waals surface area contributed by atoms with Crippen LogP contribution in [0.1, 0.15) is 15.9 Å². The van der Waals surface area contributed by atoms with E-state index >= 15 is 0 Å². The Morgan fingerprint density at radius 3 is 2.58 bits per heavy atom. The van der Waals surface area contributed by atoms with Crippen LogP contribution in [0.25, 0.3) is 0 Å². The molecule has 0 unspecified atom stereocenters. The quantitative estimate of drug-likeness (QED) is 0.420. The van der Waals surface area contributed by atoms with Gasteiger partial charge in [0.25, 0.3) is 5.91 Å². The van der Waals surface area contributed by atoms with Gasteiger partial charge in [-0.05, 0) is 37.3 Å². The monoisotopic (exact) mass is 393 g/mol. The minimum Gasteiger partial charge on any atom is -0.496 e. The van der Waals surface area contributed by atoms with Gasteiger partial charge < -0.3 is 14.8 Å². The molecule has 0 heterocycles. The Kier molecular flexibility index (Phi) is 7.81. The van der Waals surface area contributed by atoms with E-state index in [1.165, 1.54) is 18.7 Å². The van der Waals surface area contributed by atoms with Crippen molar-refractivity contribution in [2.45, 2.75) is 11.8 Å². The van der Waals surface area contributed by atoms with E-state index in [9.17, 15) is 9.59 Å². The van der Waals surface area contributed by atoms with Gasteiger partial charge in [0.05, 0.1) is 7.11 Å². The maximum Gasteiger partial charge on any atom is 0.342 e. The third-order valence-electron chi connectivity index (χ3n) is 3.43. The van der Waals surface area contributed by atoms with Crippen LogP contribution in [-0.2, 0) is 9.53 Å². The van der Waals surface area contributed by atoms with Gasteiger partial charge in [0.1, 0.15) is 11.3 Å². The number of nitrogens with one attached hydrogen (secondary N) is 1. The highest BCUT2D eigenvalue weighted by atomic mass is 35.5. The van der Waals surface area contributed by atoms with Crippen molar-refractivity contribution in [1.29, 1.82) is 0 Å². The first-order valence-electron chi connectivity index (χ1n) is 7.96. The van der Waals surface area contributed by atoms with Gasteiger partial charge in [-0.25, -0.2) is 4.79 Å². The first kappa shape index (κ1) is 20.1. The number of thioether (sulfide) groups is 1. The number of carbonyl (C=O) groups excluding carboxylic acids is 2. The molecule has 0 spiro atoms. The molecule has 0 aliphatic heterocycles. The number of methoxy groups -OCH3 is 1. The van der Waals surface area contributed by atoms with Gasteiger partial charge in [0.15, 0.2) is 6.61 Å². The molecule has 0 aliphatic rings. The van der Waals surface area contributed by atoms with Crippen molar-refractivity contribution in [2.24, 2.45) is 0 Å². The first-order chi connectivity index (χ1) is 12.5. The minimum atomic E-state index is -0.659. The molecule has 0 bridgehead atoms. The summed E-state index contributed by atoms with van der Waals surface area (Å²) in [6.07, 6.45) is 0. The predicted octanol–water partition coefficient (Wildman–Crippen LogP) is 3.72. The van der Waals surface area contributed by atoms with Gasteiger partial charge in [-0.3, -0.25) is 4.79 Å². The molecule has 0 saturated carbocycles. The van der Waals surface area contributed by atoms with Gasteiger partial charge >= 0.3 is 5.97 Å². The van der Waals surface area contributed by atoms with Gasteiger partial charge in [0.2, 0.25) is 0 Å². The van der Waals surface area contributed by atoms with E-state index in [0.717, 1.165) is 10.6 Å². The maximum atomic E-state index is 12.1. The zero-order chi connectivity index (χ0) is 18.9. The molecule has 2 rings (SSSR count). The second kappa shape index (κ2) is 10.1. The average molecular weight is 394 g/mol. The molecule has 1 N–H and O–H groups in total. The predicted molar refractivity (Wildman–Crippen MR) is 103 cm³/mol. The van der Waals surface area contributed by atoms with Crippen molar-refractivity contribution in [3.05, 3.63) is 58.6 Å². The van der Waals surface area contributed by atoms with E-state index in [1.807, 2.05) is 31.2 Å². The van der Waals surface area contributed by atoms with Crippen molar-refractivity contribution in [2.75, 3.05) is 26.0 Å². The van der Waals surface area contributed by atoms with Gasteiger partial charge in [-0.15, -0.1) is 11.8 Å². The fraction of sp³-hybridized carbons (Fsp3) is 0.263. The fourth-order valence-electron chi connectivity index (χ4n) is 2.09. The average Bonchev–Trinajstić information content (AvgIpc) is 2.64. The molecule has 0 fully saturated rings. The van der Waals surface area contributed by atoms with Crippen LogP contribution in [0.2, 0.25) is 5.02 Å². The molecule has 5 nitrogen and oxygen atoms in total. The number of carbonyl (C=O) groups is 2. The lowest BCUT2D eigenvalue weighted by Gasteiger charge is -2.09. The molecule has 0 aromatic heterocycles. The molecule has 26 heavy (non-hydrogen) atoms. The number of hydrogen-bond acceptors (Lipinski definition) is 5. The van der Waals surface area contributed by atoms with Crippen molar-refractivity contribution >= 4 is 35.2 Å².